The summed E-state index contributed by atoms with van der Waals surface area (Å²) in [7, 11) is 0. The van der Waals surface area contributed by atoms with Crippen LogP contribution < -0.4 is 11.1 Å². The molecule has 130 valence electrons. The molecule has 0 radical (unpaired) electrons. The Bertz CT molecular complexity index is 1080. The van der Waals surface area contributed by atoms with E-state index in [2.05, 4.69) is 48.2 Å². The van der Waals surface area contributed by atoms with E-state index in [1.165, 1.54) is 16.7 Å². The summed E-state index contributed by atoms with van der Waals surface area (Å²) < 4.78 is 1.79. The van der Waals surface area contributed by atoms with E-state index in [-0.39, 0.29) is 5.95 Å². The third kappa shape index (κ3) is 2.75. The number of rotatable bonds is 3. The Kier molecular flexibility index (Phi) is 3.80. The third-order valence-corrected chi connectivity index (χ3v) is 4.36. The van der Waals surface area contributed by atoms with Crippen LogP contribution in [0.4, 0.5) is 17.5 Å². The number of nitrogens with one attached hydrogen (secondary N) is 1. The van der Waals surface area contributed by atoms with Gasteiger partial charge >= 0.3 is 0 Å². The van der Waals surface area contributed by atoms with Gasteiger partial charge in [-0.05, 0) is 44.0 Å². The van der Waals surface area contributed by atoms with Gasteiger partial charge in [0, 0.05) is 11.9 Å². The Morgan fingerprint density at radius 1 is 1.00 bits per heavy atom. The van der Waals surface area contributed by atoms with Crippen molar-refractivity contribution >= 4 is 28.5 Å². The zero-order valence-corrected chi connectivity index (χ0v) is 15.0. The van der Waals surface area contributed by atoms with Crippen LogP contribution in [-0.4, -0.2) is 19.7 Å². The van der Waals surface area contributed by atoms with Crippen molar-refractivity contribution in [2.24, 2.45) is 0 Å². The van der Waals surface area contributed by atoms with E-state index in [1.54, 1.807) is 10.9 Å². The molecule has 0 aliphatic rings. The van der Waals surface area contributed by atoms with Crippen LogP contribution in [0.3, 0.4) is 0 Å². The molecule has 4 rings (SSSR count). The highest BCUT2D eigenvalue weighted by Crippen LogP contribution is 2.30. The molecule has 0 atom stereocenters. The number of fused-ring (bicyclic) bond motifs is 1. The highest BCUT2D eigenvalue weighted by Gasteiger charge is 2.16. The van der Waals surface area contributed by atoms with Crippen molar-refractivity contribution in [2.45, 2.75) is 20.8 Å². The summed E-state index contributed by atoms with van der Waals surface area (Å²) in [5.74, 6) is 0.933. The van der Waals surface area contributed by atoms with Crippen LogP contribution in [0.5, 0.6) is 0 Å². The van der Waals surface area contributed by atoms with Gasteiger partial charge in [0.1, 0.15) is 0 Å². The Balaban J connectivity index is 1.89. The van der Waals surface area contributed by atoms with Crippen LogP contribution in [0.15, 0.2) is 48.7 Å². The molecule has 2 aromatic heterocycles. The summed E-state index contributed by atoms with van der Waals surface area (Å²) in [4.78, 5) is 8.55. The fourth-order valence-electron chi connectivity index (χ4n) is 3.25. The zero-order chi connectivity index (χ0) is 18.3. The van der Waals surface area contributed by atoms with Gasteiger partial charge < -0.3 is 11.1 Å². The number of anilines is 3. The summed E-state index contributed by atoms with van der Waals surface area (Å²) in [6.07, 6.45) is 1.71. The second-order valence-corrected chi connectivity index (χ2v) is 6.46. The first-order chi connectivity index (χ1) is 12.5. The lowest BCUT2D eigenvalue weighted by atomic mass is 10.1. The van der Waals surface area contributed by atoms with E-state index >= 15 is 0 Å². The van der Waals surface area contributed by atoms with E-state index in [0.717, 1.165) is 16.8 Å². The fraction of sp³-hybridized carbons (Fsp3) is 0.150. The second-order valence-electron chi connectivity index (χ2n) is 6.46. The number of nitrogen functional groups attached to an aromatic ring is 1. The number of hydrogen-bond donors (Lipinski definition) is 2. The average Bonchev–Trinajstić information content (AvgIpc) is 2.96. The summed E-state index contributed by atoms with van der Waals surface area (Å²) in [6, 6.07) is 14.2. The maximum atomic E-state index is 5.81. The fourth-order valence-corrected chi connectivity index (χ4v) is 3.25. The highest BCUT2D eigenvalue weighted by atomic mass is 15.3. The molecule has 0 saturated carbocycles. The number of nitrogens with zero attached hydrogens (tertiary/aromatic N) is 4. The minimum Gasteiger partial charge on any atom is -0.368 e. The van der Waals surface area contributed by atoms with E-state index in [1.807, 2.05) is 30.3 Å². The first-order valence-electron chi connectivity index (χ1n) is 8.44. The molecule has 0 spiro atoms. The van der Waals surface area contributed by atoms with Crippen molar-refractivity contribution in [3.8, 4) is 5.69 Å². The molecule has 0 amide bonds. The molecule has 0 aliphatic heterocycles. The van der Waals surface area contributed by atoms with Crippen molar-refractivity contribution in [3.63, 3.8) is 0 Å². The second kappa shape index (κ2) is 6.15. The van der Waals surface area contributed by atoms with Crippen LogP contribution in [0.2, 0.25) is 0 Å². The van der Waals surface area contributed by atoms with Gasteiger partial charge in [0.15, 0.2) is 11.5 Å². The third-order valence-electron chi connectivity index (χ3n) is 4.36. The summed E-state index contributed by atoms with van der Waals surface area (Å²) >= 11 is 0. The standard InChI is InChI=1S/C20H20N6/c1-12-9-13(2)17(14(3)10-12)23-18-16-11-22-20(21)24-19(16)26(25-18)15-7-5-4-6-8-15/h4-11H,1-3H3,(H,23,25)(H2,21,22,24). The van der Waals surface area contributed by atoms with Gasteiger partial charge in [0.05, 0.1) is 11.1 Å². The predicted octanol–water partition coefficient (Wildman–Crippen LogP) is 4.07. The van der Waals surface area contributed by atoms with Crippen LogP contribution in [-0.2, 0) is 0 Å². The topological polar surface area (TPSA) is 81.7 Å². The number of para-hydroxylation sites is 1. The number of aryl methyl sites for hydroxylation is 3. The first-order valence-corrected chi connectivity index (χ1v) is 8.44. The van der Waals surface area contributed by atoms with Gasteiger partial charge in [-0.3, -0.25) is 0 Å². The summed E-state index contributed by atoms with van der Waals surface area (Å²) in [5, 5.41) is 9.04. The van der Waals surface area contributed by atoms with Gasteiger partial charge in [0.2, 0.25) is 5.95 Å². The SMILES string of the molecule is Cc1cc(C)c(Nc2nn(-c3ccccc3)c3nc(N)ncc23)c(C)c1. The molecule has 6 heteroatoms. The van der Waals surface area contributed by atoms with Crippen LogP contribution in [0.25, 0.3) is 16.7 Å². The number of aromatic nitrogens is 4. The first kappa shape index (κ1) is 16.1. The van der Waals surface area contributed by atoms with Crippen LogP contribution in [0.1, 0.15) is 16.7 Å². The highest BCUT2D eigenvalue weighted by molar-refractivity contribution is 5.91. The van der Waals surface area contributed by atoms with E-state index in [4.69, 9.17) is 10.8 Å². The smallest absolute Gasteiger partial charge is 0.222 e. The maximum absolute atomic E-state index is 5.81. The van der Waals surface area contributed by atoms with Gasteiger partial charge in [-0.2, -0.15) is 4.98 Å². The Hall–Kier alpha value is -3.41. The van der Waals surface area contributed by atoms with E-state index in [0.29, 0.717) is 11.5 Å². The van der Waals surface area contributed by atoms with Crippen LogP contribution in [0, 0.1) is 20.8 Å². The molecule has 0 bridgehead atoms. The molecule has 0 saturated heterocycles. The molecule has 3 N–H and O–H groups in total. The van der Waals surface area contributed by atoms with Gasteiger partial charge in [-0.25, -0.2) is 9.67 Å². The van der Waals surface area contributed by atoms with E-state index in [9.17, 15) is 0 Å². The molecule has 26 heavy (non-hydrogen) atoms. The van der Waals surface area contributed by atoms with Gasteiger partial charge in [0.25, 0.3) is 0 Å². The molecule has 6 nitrogen and oxygen atoms in total. The summed E-state index contributed by atoms with van der Waals surface area (Å²) in [5.41, 5.74) is 12.0. The molecule has 0 fully saturated rings. The largest absolute Gasteiger partial charge is 0.368 e. The van der Waals surface area contributed by atoms with Crippen molar-refractivity contribution in [1.29, 1.82) is 0 Å². The van der Waals surface area contributed by atoms with Crippen molar-refractivity contribution < 1.29 is 0 Å². The Morgan fingerprint density at radius 3 is 2.38 bits per heavy atom. The lowest BCUT2D eigenvalue weighted by Crippen LogP contribution is -2.01. The maximum Gasteiger partial charge on any atom is 0.222 e. The lowest BCUT2D eigenvalue weighted by Gasteiger charge is -2.12. The molecule has 2 aromatic carbocycles. The molecular weight excluding hydrogens is 324 g/mol. The predicted molar refractivity (Wildman–Crippen MR) is 105 cm³/mol. The zero-order valence-electron chi connectivity index (χ0n) is 15.0. The quantitative estimate of drug-likeness (QED) is 0.585. The molecule has 2 heterocycles. The monoisotopic (exact) mass is 344 g/mol. The average molecular weight is 344 g/mol. The molecular formula is C20H20N6. The van der Waals surface area contributed by atoms with E-state index < -0.39 is 0 Å². The minimum absolute atomic E-state index is 0.226. The Morgan fingerprint density at radius 2 is 1.69 bits per heavy atom. The Labute approximate surface area is 151 Å². The lowest BCUT2D eigenvalue weighted by molar-refractivity contribution is 0.900. The number of hydrogen-bond acceptors (Lipinski definition) is 5. The molecule has 0 unspecified atom stereocenters. The van der Waals surface area contributed by atoms with Gasteiger partial charge in [-0.1, -0.05) is 35.9 Å². The van der Waals surface area contributed by atoms with Crippen molar-refractivity contribution in [3.05, 3.63) is 65.4 Å². The van der Waals surface area contributed by atoms with Crippen molar-refractivity contribution in [2.75, 3.05) is 11.1 Å². The number of nitrogens with two attached hydrogens (primary N) is 1. The molecule has 4 aromatic rings. The normalized spacial score (nSPS) is 11.0. The van der Waals surface area contributed by atoms with Crippen LogP contribution >= 0.6 is 0 Å². The molecule has 0 aliphatic carbocycles. The van der Waals surface area contributed by atoms with Crippen molar-refractivity contribution in [1.82, 2.24) is 19.7 Å². The summed E-state index contributed by atoms with van der Waals surface area (Å²) in [6.45, 7) is 6.28. The minimum atomic E-state index is 0.226. The number of benzene rings is 2. The van der Waals surface area contributed by atoms with Gasteiger partial charge in [-0.15, -0.1) is 5.10 Å².